The van der Waals surface area contributed by atoms with Gasteiger partial charge in [0, 0.05) is 36.1 Å². The third-order valence-electron chi connectivity index (χ3n) is 3.93. The fourth-order valence-electron chi connectivity index (χ4n) is 2.72. The average molecular weight is 296 g/mol. The van der Waals surface area contributed by atoms with Crippen LogP contribution in [0.5, 0.6) is 0 Å². The van der Waals surface area contributed by atoms with Crippen LogP contribution in [0.3, 0.4) is 0 Å². The number of aromatic nitrogens is 1. The summed E-state index contributed by atoms with van der Waals surface area (Å²) in [6, 6.07) is 9.86. The molecular weight excluding hydrogens is 276 g/mol. The summed E-state index contributed by atoms with van der Waals surface area (Å²) >= 11 is 0. The molecular formula is C17H20N4O. The molecule has 1 atom stereocenters. The minimum Gasteiger partial charge on any atom is -0.382 e. The van der Waals surface area contributed by atoms with E-state index >= 15 is 0 Å². The number of rotatable bonds is 5. The van der Waals surface area contributed by atoms with Gasteiger partial charge >= 0.3 is 0 Å². The van der Waals surface area contributed by atoms with Gasteiger partial charge in [-0.2, -0.15) is 0 Å². The zero-order valence-corrected chi connectivity index (χ0v) is 12.4. The number of benzene rings is 1. The van der Waals surface area contributed by atoms with Crippen LogP contribution in [0.2, 0.25) is 0 Å². The van der Waals surface area contributed by atoms with Crippen molar-refractivity contribution in [1.82, 2.24) is 10.3 Å². The first-order chi connectivity index (χ1) is 10.7. The molecule has 2 heterocycles. The molecule has 1 aliphatic heterocycles. The molecule has 2 aromatic rings. The second kappa shape index (κ2) is 6.58. The summed E-state index contributed by atoms with van der Waals surface area (Å²) in [5, 5.41) is 6.88. The zero-order valence-electron chi connectivity index (χ0n) is 12.4. The highest BCUT2D eigenvalue weighted by Gasteiger charge is 2.13. The molecule has 4 N–H and O–H groups in total. The van der Waals surface area contributed by atoms with Crippen molar-refractivity contribution in [2.75, 3.05) is 18.4 Å². The van der Waals surface area contributed by atoms with E-state index in [1.165, 1.54) is 12.8 Å². The molecule has 0 bridgehead atoms. The minimum atomic E-state index is -0.420. The van der Waals surface area contributed by atoms with Crippen molar-refractivity contribution in [2.24, 2.45) is 5.73 Å². The number of nitrogens with two attached hydrogens (primary N) is 1. The molecule has 1 saturated heterocycles. The highest BCUT2D eigenvalue weighted by Crippen LogP contribution is 2.22. The summed E-state index contributed by atoms with van der Waals surface area (Å²) in [5.74, 6) is -0.420. The Morgan fingerprint density at radius 2 is 2.23 bits per heavy atom. The van der Waals surface area contributed by atoms with E-state index in [9.17, 15) is 4.79 Å². The molecule has 1 aliphatic rings. The third-order valence-corrected chi connectivity index (χ3v) is 3.93. The van der Waals surface area contributed by atoms with Crippen molar-refractivity contribution in [1.29, 1.82) is 0 Å². The van der Waals surface area contributed by atoms with Crippen LogP contribution in [0.4, 0.5) is 5.69 Å². The van der Waals surface area contributed by atoms with Gasteiger partial charge in [0.25, 0.3) is 0 Å². The van der Waals surface area contributed by atoms with Crippen molar-refractivity contribution in [3.63, 3.8) is 0 Å². The summed E-state index contributed by atoms with van der Waals surface area (Å²) in [6.07, 6.45) is 6.06. The Hall–Kier alpha value is -2.40. The molecule has 0 saturated carbocycles. The molecule has 114 valence electrons. The lowest BCUT2D eigenvalue weighted by Crippen LogP contribution is -2.29. The molecule has 22 heavy (non-hydrogen) atoms. The van der Waals surface area contributed by atoms with Gasteiger partial charge in [0.15, 0.2) is 0 Å². The summed E-state index contributed by atoms with van der Waals surface area (Å²) in [4.78, 5) is 15.6. The fraction of sp³-hybridized carbons (Fsp3) is 0.294. The molecule has 0 radical (unpaired) electrons. The van der Waals surface area contributed by atoms with Gasteiger partial charge in [-0.05, 0) is 43.1 Å². The summed E-state index contributed by atoms with van der Waals surface area (Å²) in [7, 11) is 0. The van der Waals surface area contributed by atoms with E-state index in [2.05, 4.69) is 15.6 Å². The maximum Gasteiger partial charge on any atom is 0.248 e. The molecule has 0 spiro atoms. The van der Waals surface area contributed by atoms with Gasteiger partial charge in [-0.25, -0.2) is 0 Å². The highest BCUT2D eigenvalue weighted by atomic mass is 16.1. The van der Waals surface area contributed by atoms with Crippen LogP contribution >= 0.6 is 0 Å². The number of nitrogens with one attached hydrogen (secondary N) is 2. The maximum absolute atomic E-state index is 11.3. The Balaban J connectivity index is 1.75. The van der Waals surface area contributed by atoms with Crippen molar-refractivity contribution in [3.05, 3.63) is 48.3 Å². The smallest absolute Gasteiger partial charge is 0.248 e. The van der Waals surface area contributed by atoms with Crippen LogP contribution in [0.1, 0.15) is 23.2 Å². The van der Waals surface area contributed by atoms with Crippen LogP contribution in [0.15, 0.2) is 42.7 Å². The molecule has 0 aliphatic carbocycles. The normalized spacial score (nSPS) is 17.4. The van der Waals surface area contributed by atoms with E-state index in [0.29, 0.717) is 11.6 Å². The number of primary amides is 1. The van der Waals surface area contributed by atoms with Crippen LogP contribution in [-0.2, 0) is 0 Å². The third kappa shape index (κ3) is 3.43. The van der Waals surface area contributed by atoms with Gasteiger partial charge in [0.2, 0.25) is 5.91 Å². The standard InChI is InChI=1S/C17H20N4O/c18-17(22)13-4-1-3-12(7-13)14-8-16(10-19-9-14)21-11-15-5-2-6-20-15/h1,3-4,7-10,15,20-21H,2,5-6,11H2,(H2,18,22). The van der Waals surface area contributed by atoms with Gasteiger partial charge in [0.1, 0.15) is 0 Å². The highest BCUT2D eigenvalue weighted by molar-refractivity contribution is 5.94. The first kappa shape index (κ1) is 14.5. The lowest BCUT2D eigenvalue weighted by molar-refractivity contribution is 0.100. The molecule has 5 heteroatoms. The predicted molar refractivity (Wildman–Crippen MR) is 87.7 cm³/mol. The lowest BCUT2D eigenvalue weighted by atomic mass is 10.0. The molecule has 1 unspecified atom stereocenters. The number of hydrogen-bond donors (Lipinski definition) is 3. The number of amides is 1. The monoisotopic (exact) mass is 296 g/mol. The van der Waals surface area contributed by atoms with E-state index < -0.39 is 5.91 Å². The maximum atomic E-state index is 11.3. The Morgan fingerprint density at radius 3 is 3.00 bits per heavy atom. The first-order valence-corrected chi connectivity index (χ1v) is 7.55. The number of pyridine rings is 1. The predicted octanol–water partition coefficient (Wildman–Crippen LogP) is 2.01. The fourth-order valence-corrected chi connectivity index (χ4v) is 2.72. The van der Waals surface area contributed by atoms with Crippen molar-refractivity contribution in [3.8, 4) is 11.1 Å². The summed E-state index contributed by atoms with van der Waals surface area (Å²) in [6.45, 7) is 2.00. The van der Waals surface area contributed by atoms with Crippen LogP contribution < -0.4 is 16.4 Å². The van der Waals surface area contributed by atoms with Gasteiger partial charge in [-0.3, -0.25) is 9.78 Å². The number of nitrogens with zero attached hydrogens (tertiary/aromatic N) is 1. The second-order valence-electron chi connectivity index (χ2n) is 5.58. The molecule has 1 aromatic carbocycles. The van der Waals surface area contributed by atoms with Crippen LogP contribution in [-0.4, -0.2) is 30.0 Å². The topological polar surface area (TPSA) is 80.0 Å². The lowest BCUT2D eigenvalue weighted by Gasteiger charge is -2.13. The van der Waals surface area contributed by atoms with Crippen LogP contribution in [0, 0.1) is 0 Å². The van der Waals surface area contributed by atoms with Gasteiger partial charge in [-0.1, -0.05) is 12.1 Å². The van der Waals surface area contributed by atoms with Gasteiger partial charge in [0.05, 0.1) is 5.69 Å². The Morgan fingerprint density at radius 1 is 1.32 bits per heavy atom. The quantitative estimate of drug-likeness (QED) is 0.788. The van der Waals surface area contributed by atoms with Crippen LogP contribution in [0.25, 0.3) is 11.1 Å². The zero-order chi connectivity index (χ0) is 15.4. The van der Waals surface area contributed by atoms with E-state index in [0.717, 1.165) is 29.9 Å². The van der Waals surface area contributed by atoms with E-state index in [1.807, 2.05) is 24.4 Å². The van der Waals surface area contributed by atoms with E-state index in [4.69, 9.17) is 5.73 Å². The van der Waals surface area contributed by atoms with Crippen molar-refractivity contribution < 1.29 is 4.79 Å². The first-order valence-electron chi connectivity index (χ1n) is 7.55. The molecule has 1 amide bonds. The number of hydrogen-bond acceptors (Lipinski definition) is 4. The summed E-state index contributed by atoms with van der Waals surface area (Å²) in [5.41, 5.74) is 8.72. The minimum absolute atomic E-state index is 0.420. The number of carbonyl (C=O) groups is 1. The van der Waals surface area contributed by atoms with Gasteiger partial charge in [-0.15, -0.1) is 0 Å². The van der Waals surface area contributed by atoms with Crippen molar-refractivity contribution in [2.45, 2.75) is 18.9 Å². The van der Waals surface area contributed by atoms with E-state index in [-0.39, 0.29) is 0 Å². The second-order valence-corrected chi connectivity index (χ2v) is 5.58. The Kier molecular flexibility index (Phi) is 4.34. The SMILES string of the molecule is NC(=O)c1cccc(-c2cncc(NCC3CCCN3)c2)c1. The molecule has 1 aromatic heterocycles. The molecule has 5 nitrogen and oxygen atoms in total. The number of carbonyl (C=O) groups excluding carboxylic acids is 1. The number of anilines is 1. The Labute approximate surface area is 129 Å². The largest absolute Gasteiger partial charge is 0.382 e. The van der Waals surface area contributed by atoms with E-state index in [1.54, 1.807) is 18.3 Å². The molecule has 3 rings (SSSR count). The molecule has 1 fully saturated rings. The van der Waals surface area contributed by atoms with Gasteiger partial charge < -0.3 is 16.4 Å². The average Bonchev–Trinajstić information content (AvgIpc) is 3.07. The Bertz CT molecular complexity index is 665. The van der Waals surface area contributed by atoms with Crippen molar-refractivity contribution >= 4 is 11.6 Å². The summed E-state index contributed by atoms with van der Waals surface area (Å²) < 4.78 is 0.